The number of halogens is 2. The minimum absolute atomic E-state index is 0.00508. The van der Waals surface area contributed by atoms with Crippen LogP contribution in [0.25, 0.3) is 0 Å². The van der Waals surface area contributed by atoms with Gasteiger partial charge in [-0.15, -0.1) is 0 Å². The fraction of sp³-hybridized carbons (Fsp3) is 0.200. The summed E-state index contributed by atoms with van der Waals surface area (Å²) in [6.07, 6.45) is 0. The Morgan fingerprint density at radius 1 is 1.26 bits per heavy atom. The summed E-state index contributed by atoms with van der Waals surface area (Å²) in [5, 5.41) is 13.1. The number of benzene rings is 2. The molecule has 0 fully saturated rings. The molecule has 2 aromatic rings. The molecular weight excluding hydrogens is 265 g/mol. The molecule has 0 aromatic heterocycles. The summed E-state index contributed by atoms with van der Waals surface area (Å²) in [6, 6.07) is 11.5. The van der Waals surface area contributed by atoms with Crippen LogP contribution < -0.4 is 5.32 Å². The molecule has 0 amide bonds. The third-order valence-corrected chi connectivity index (χ3v) is 3.21. The van der Waals surface area contributed by atoms with E-state index in [1.807, 2.05) is 13.0 Å². The van der Waals surface area contributed by atoms with Crippen LogP contribution in [0.3, 0.4) is 0 Å². The third kappa shape index (κ3) is 3.69. The van der Waals surface area contributed by atoms with Crippen LogP contribution >= 0.6 is 11.6 Å². The minimum atomic E-state index is -0.278. The molecule has 0 bridgehead atoms. The second-order valence-corrected chi connectivity index (χ2v) is 4.87. The molecule has 2 N–H and O–H groups in total. The van der Waals surface area contributed by atoms with E-state index in [2.05, 4.69) is 5.32 Å². The van der Waals surface area contributed by atoms with Gasteiger partial charge in [-0.3, -0.25) is 0 Å². The van der Waals surface area contributed by atoms with E-state index in [-0.39, 0.29) is 17.6 Å². The highest BCUT2D eigenvalue weighted by Crippen LogP contribution is 2.19. The lowest BCUT2D eigenvalue weighted by Crippen LogP contribution is -2.18. The molecule has 0 saturated carbocycles. The van der Waals surface area contributed by atoms with Gasteiger partial charge in [0.1, 0.15) is 11.6 Å². The number of aromatic hydroxyl groups is 1. The van der Waals surface area contributed by atoms with Crippen molar-refractivity contribution in [3.05, 3.63) is 64.4 Å². The molecule has 2 aromatic carbocycles. The van der Waals surface area contributed by atoms with Gasteiger partial charge in [-0.1, -0.05) is 23.7 Å². The highest BCUT2D eigenvalue weighted by atomic mass is 35.5. The van der Waals surface area contributed by atoms with E-state index in [1.165, 1.54) is 12.1 Å². The van der Waals surface area contributed by atoms with Crippen molar-refractivity contribution in [2.45, 2.75) is 19.5 Å². The van der Waals surface area contributed by atoms with Gasteiger partial charge < -0.3 is 10.4 Å². The zero-order valence-corrected chi connectivity index (χ0v) is 11.3. The number of hydrogen-bond donors (Lipinski definition) is 2. The fourth-order valence-corrected chi connectivity index (χ4v) is 2.05. The molecular formula is C15H15ClFNO. The number of phenols is 1. The lowest BCUT2D eigenvalue weighted by atomic mass is 10.1. The van der Waals surface area contributed by atoms with Gasteiger partial charge in [0, 0.05) is 23.2 Å². The Morgan fingerprint density at radius 3 is 2.79 bits per heavy atom. The molecule has 0 radical (unpaired) electrons. The fourth-order valence-electron chi connectivity index (χ4n) is 1.85. The first-order valence-corrected chi connectivity index (χ1v) is 6.40. The summed E-state index contributed by atoms with van der Waals surface area (Å²) < 4.78 is 13.5. The highest BCUT2D eigenvalue weighted by Gasteiger charge is 2.08. The largest absolute Gasteiger partial charge is 0.508 e. The van der Waals surface area contributed by atoms with Crippen LogP contribution in [0.15, 0.2) is 42.5 Å². The highest BCUT2D eigenvalue weighted by molar-refractivity contribution is 6.30. The van der Waals surface area contributed by atoms with Crippen molar-refractivity contribution in [3.8, 4) is 5.75 Å². The van der Waals surface area contributed by atoms with Crippen molar-refractivity contribution in [2.75, 3.05) is 0 Å². The van der Waals surface area contributed by atoms with Gasteiger partial charge in [-0.25, -0.2) is 4.39 Å². The second-order valence-electron chi connectivity index (χ2n) is 4.43. The van der Waals surface area contributed by atoms with E-state index in [0.29, 0.717) is 17.1 Å². The average Bonchev–Trinajstić information content (AvgIpc) is 2.39. The van der Waals surface area contributed by atoms with E-state index in [9.17, 15) is 9.50 Å². The van der Waals surface area contributed by atoms with Gasteiger partial charge in [0.25, 0.3) is 0 Å². The molecule has 0 saturated heterocycles. The summed E-state index contributed by atoms with van der Waals surface area (Å²) in [4.78, 5) is 0. The molecule has 100 valence electrons. The standard InChI is InChI=1S/C15H15ClFNO/c1-10(11-3-2-4-14(19)8-11)18-9-12-7-13(16)5-6-15(12)17/h2-8,10,18-19H,9H2,1H3. The first-order valence-electron chi connectivity index (χ1n) is 6.02. The molecule has 0 aliphatic carbocycles. The smallest absolute Gasteiger partial charge is 0.127 e. The van der Waals surface area contributed by atoms with Crippen molar-refractivity contribution in [2.24, 2.45) is 0 Å². The van der Waals surface area contributed by atoms with E-state index in [1.54, 1.807) is 24.3 Å². The van der Waals surface area contributed by atoms with Crippen molar-refractivity contribution in [1.29, 1.82) is 0 Å². The molecule has 0 spiro atoms. The number of rotatable bonds is 4. The van der Waals surface area contributed by atoms with Gasteiger partial charge in [0.15, 0.2) is 0 Å². The molecule has 19 heavy (non-hydrogen) atoms. The Bertz CT molecular complexity index is 574. The normalized spacial score (nSPS) is 12.4. The van der Waals surface area contributed by atoms with Crippen LogP contribution in [0.1, 0.15) is 24.1 Å². The molecule has 4 heteroatoms. The van der Waals surface area contributed by atoms with Crippen LogP contribution in [-0.4, -0.2) is 5.11 Å². The lowest BCUT2D eigenvalue weighted by Gasteiger charge is -2.15. The zero-order chi connectivity index (χ0) is 13.8. The van der Waals surface area contributed by atoms with Crippen LogP contribution in [0.4, 0.5) is 4.39 Å². The van der Waals surface area contributed by atoms with Crippen molar-refractivity contribution >= 4 is 11.6 Å². The van der Waals surface area contributed by atoms with E-state index < -0.39 is 0 Å². The summed E-state index contributed by atoms with van der Waals surface area (Å²) in [5.74, 6) is -0.0555. The molecule has 0 aliphatic rings. The van der Waals surface area contributed by atoms with Gasteiger partial charge in [-0.05, 0) is 42.8 Å². The maximum Gasteiger partial charge on any atom is 0.127 e. The minimum Gasteiger partial charge on any atom is -0.508 e. The molecule has 0 heterocycles. The van der Waals surface area contributed by atoms with Gasteiger partial charge in [0.05, 0.1) is 0 Å². The molecule has 2 nitrogen and oxygen atoms in total. The topological polar surface area (TPSA) is 32.3 Å². The molecule has 1 unspecified atom stereocenters. The van der Waals surface area contributed by atoms with Gasteiger partial charge in [-0.2, -0.15) is 0 Å². The van der Waals surface area contributed by atoms with E-state index in [0.717, 1.165) is 5.56 Å². The van der Waals surface area contributed by atoms with Crippen molar-refractivity contribution in [1.82, 2.24) is 5.32 Å². The lowest BCUT2D eigenvalue weighted by molar-refractivity contribution is 0.471. The van der Waals surface area contributed by atoms with Crippen LogP contribution in [-0.2, 0) is 6.54 Å². The summed E-state index contributed by atoms with van der Waals surface area (Å²) in [5.41, 5.74) is 1.47. The molecule has 1 atom stereocenters. The zero-order valence-electron chi connectivity index (χ0n) is 10.5. The first-order chi connectivity index (χ1) is 9.06. The quantitative estimate of drug-likeness (QED) is 0.885. The Balaban J connectivity index is 2.04. The summed E-state index contributed by atoms with van der Waals surface area (Å²) >= 11 is 5.84. The Morgan fingerprint density at radius 2 is 2.05 bits per heavy atom. The van der Waals surface area contributed by atoms with Gasteiger partial charge in [0.2, 0.25) is 0 Å². The van der Waals surface area contributed by atoms with Crippen LogP contribution in [0.5, 0.6) is 5.75 Å². The first kappa shape index (κ1) is 13.8. The maximum atomic E-state index is 13.5. The summed E-state index contributed by atoms with van der Waals surface area (Å²) in [7, 11) is 0. The number of hydrogen-bond acceptors (Lipinski definition) is 2. The summed E-state index contributed by atoms with van der Waals surface area (Å²) in [6.45, 7) is 2.33. The van der Waals surface area contributed by atoms with E-state index >= 15 is 0 Å². The molecule has 0 aliphatic heterocycles. The Hall–Kier alpha value is -1.58. The number of nitrogens with one attached hydrogen (secondary N) is 1. The predicted octanol–water partition coefficient (Wildman–Crippen LogP) is 4.04. The second kappa shape index (κ2) is 6.04. The van der Waals surface area contributed by atoms with Crippen molar-refractivity contribution in [3.63, 3.8) is 0 Å². The van der Waals surface area contributed by atoms with E-state index in [4.69, 9.17) is 11.6 Å². The van der Waals surface area contributed by atoms with Crippen LogP contribution in [0.2, 0.25) is 5.02 Å². The third-order valence-electron chi connectivity index (χ3n) is 2.98. The Kier molecular flexibility index (Phi) is 4.40. The number of phenolic OH excluding ortho intramolecular Hbond substituents is 1. The van der Waals surface area contributed by atoms with Crippen LogP contribution in [0, 0.1) is 5.82 Å². The monoisotopic (exact) mass is 279 g/mol. The molecule has 2 rings (SSSR count). The van der Waals surface area contributed by atoms with Gasteiger partial charge >= 0.3 is 0 Å². The Labute approximate surface area is 116 Å². The average molecular weight is 280 g/mol. The predicted molar refractivity (Wildman–Crippen MR) is 74.8 cm³/mol. The van der Waals surface area contributed by atoms with Crippen molar-refractivity contribution < 1.29 is 9.50 Å². The maximum absolute atomic E-state index is 13.5. The SMILES string of the molecule is CC(NCc1cc(Cl)ccc1F)c1cccc(O)c1.